The summed E-state index contributed by atoms with van der Waals surface area (Å²) in [6.45, 7) is 19.1. The molecule has 0 aliphatic rings. The molecule has 0 saturated carbocycles. The van der Waals surface area contributed by atoms with Gasteiger partial charge in [-0.3, -0.25) is 14.8 Å². The van der Waals surface area contributed by atoms with Gasteiger partial charge in [-0.25, -0.2) is 0 Å². The topological polar surface area (TPSA) is 95.5 Å². The van der Waals surface area contributed by atoms with E-state index in [1.54, 1.807) is 33.8 Å². The molecule has 230 valence electrons. The van der Waals surface area contributed by atoms with Gasteiger partial charge in [0.2, 0.25) is 0 Å². The molecule has 3 rings (SSSR count). The van der Waals surface area contributed by atoms with E-state index < -0.39 is 0 Å². The minimum absolute atomic E-state index is 0.106. The molecule has 2 N–H and O–H groups in total. The second-order valence-corrected chi connectivity index (χ2v) is 13.8. The van der Waals surface area contributed by atoms with E-state index >= 15 is 0 Å². The first-order valence-electron chi connectivity index (χ1n) is 14.4. The van der Waals surface area contributed by atoms with Crippen LogP contribution in [0.15, 0.2) is 46.4 Å². The number of hydrogen-bond donors (Lipinski definition) is 1. The van der Waals surface area contributed by atoms with E-state index in [2.05, 4.69) is 74.4 Å². The first-order chi connectivity index (χ1) is 19.9. The zero-order valence-corrected chi connectivity index (χ0v) is 27.8. The number of aldehydes is 1. The maximum absolute atomic E-state index is 11.9. The zero-order chi connectivity index (χ0) is 32.3. The summed E-state index contributed by atoms with van der Waals surface area (Å²) in [6.07, 6.45) is 4.31. The standard InChI is InChI=1S/C36H47N3O4/c1-34(2,3)25-13-22(31(41-10)28(37)16-25)19-38-29-17-26(35(4,5)6)14-23(32(29)42-11)20-39-30-18-27(36(7,8)9)15-24(21-40)33(30)43-12/h13-21H,37H2,1-12H3. The molecule has 3 aromatic carbocycles. The highest BCUT2D eigenvalue weighted by atomic mass is 16.5. The molecule has 0 heterocycles. The van der Waals surface area contributed by atoms with Crippen LogP contribution in [0.25, 0.3) is 0 Å². The number of rotatable bonds is 8. The van der Waals surface area contributed by atoms with Crippen molar-refractivity contribution in [2.45, 2.75) is 78.6 Å². The number of aliphatic imine (C=N–C) groups is 2. The number of nitrogens with two attached hydrogens (primary N) is 1. The highest BCUT2D eigenvalue weighted by Crippen LogP contribution is 2.40. The monoisotopic (exact) mass is 585 g/mol. The van der Waals surface area contributed by atoms with E-state index in [0.29, 0.717) is 39.9 Å². The first-order valence-corrected chi connectivity index (χ1v) is 14.4. The quantitative estimate of drug-likeness (QED) is 0.162. The van der Waals surface area contributed by atoms with Gasteiger partial charge in [-0.2, -0.15) is 0 Å². The number of anilines is 1. The minimum atomic E-state index is -0.186. The lowest BCUT2D eigenvalue weighted by molar-refractivity contribution is 0.112. The Labute approximate surface area is 257 Å². The molecule has 0 spiro atoms. The molecule has 7 nitrogen and oxygen atoms in total. The average Bonchev–Trinajstić information content (AvgIpc) is 2.92. The molecule has 3 aromatic rings. The summed E-state index contributed by atoms with van der Waals surface area (Å²) in [5.41, 5.74) is 12.7. The van der Waals surface area contributed by atoms with Crippen molar-refractivity contribution in [3.63, 3.8) is 0 Å². The number of hydrogen-bond acceptors (Lipinski definition) is 7. The lowest BCUT2D eigenvalue weighted by atomic mass is 9.85. The summed E-state index contributed by atoms with van der Waals surface area (Å²) in [6, 6.07) is 11.9. The maximum atomic E-state index is 11.9. The number of nitrogen functional groups attached to an aromatic ring is 1. The van der Waals surface area contributed by atoms with Crippen molar-refractivity contribution in [3.05, 3.63) is 69.8 Å². The van der Waals surface area contributed by atoms with Crippen molar-refractivity contribution in [2.24, 2.45) is 9.98 Å². The van der Waals surface area contributed by atoms with Gasteiger partial charge in [-0.05, 0) is 69.3 Å². The van der Waals surface area contributed by atoms with Gasteiger partial charge in [0.15, 0.2) is 23.5 Å². The van der Waals surface area contributed by atoms with Crippen molar-refractivity contribution in [1.29, 1.82) is 0 Å². The summed E-state index contributed by atoms with van der Waals surface area (Å²) in [7, 11) is 4.77. The lowest BCUT2D eigenvalue weighted by Gasteiger charge is -2.22. The first kappa shape index (κ1) is 33.4. The Kier molecular flexibility index (Phi) is 9.79. The Morgan fingerprint density at radius 3 is 1.28 bits per heavy atom. The molecule has 0 radical (unpaired) electrons. The van der Waals surface area contributed by atoms with Crippen LogP contribution in [-0.4, -0.2) is 40.0 Å². The fraction of sp³-hybridized carbons (Fsp3) is 0.417. The number of nitrogens with zero attached hydrogens (tertiary/aromatic N) is 2. The van der Waals surface area contributed by atoms with Crippen LogP contribution in [-0.2, 0) is 16.2 Å². The van der Waals surface area contributed by atoms with Gasteiger partial charge in [-0.1, -0.05) is 62.3 Å². The summed E-state index contributed by atoms with van der Waals surface area (Å²) in [4.78, 5) is 21.7. The summed E-state index contributed by atoms with van der Waals surface area (Å²) in [5.74, 6) is 1.56. The van der Waals surface area contributed by atoms with Crippen LogP contribution in [0.1, 0.15) is 100 Å². The van der Waals surface area contributed by atoms with Gasteiger partial charge in [0.25, 0.3) is 0 Å². The largest absolute Gasteiger partial charge is 0.494 e. The van der Waals surface area contributed by atoms with Gasteiger partial charge in [-0.15, -0.1) is 0 Å². The predicted molar refractivity (Wildman–Crippen MR) is 179 cm³/mol. The molecule has 0 aromatic heterocycles. The molecule has 0 aliphatic heterocycles. The van der Waals surface area contributed by atoms with Gasteiger partial charge < -0.3 is 19.9 Å². The normalized spacial score (nSPS) is 12.7. The Morgan fingerprint density at radius 1 is 0.558 bits per heavy atom. The number of carbonyl (C=O) groups excluding carboxylic acids is 1. The third-order valence-corrected chi connectivity index (χ3v) is 7.37. The van der Waals surface area contributed by atoms with E-state index in [1.165, 1.54) is 0 Å². The molecule has 0 atom stereocenters. The van der Waals surface area contributed by atoms with E-state index in [-0.39, 0.29) is 16.2 Å². The molecule has 0 amide bonds. The van der Waals surface area contributed by atoms with Crippen molar-refractivity contribution in [1.82, 2.24) is 0 Å². The Balaban J connectivity index is 2.25. The van der Waals surface area contributed by atoms with E-state index in [9.17, 15) is 4.79 Å². The van der Waals surface area contributed by atoms with Crippen LogP contribution in [0.4, 0.5) is 17.1 Å². The minimum Gasteiger partial charge on any atom is -0.494 e. The van der Waals surface area contributed by atoms with Crippen molar-refractivity contribution < 1.29 is 19.0 Å². The maximum Gasteiger partial charge on any atom is 0.154 e. The predicted octanol–water partition coefficient (Wildman–Crippen LogP) is 8.50. The van der Waals surface area contributed by atoms with E-state index in [0.717, 1.165) is 34.1 Å². The summed E-state index contributed by atoms with van der Waals surface area (Å²) in [5, 5.41) is 0. The molecular formula is C36H47N3O4. The number of ether oxygens (including phenoxy) is 3. The SMILES string of the molecule is COc1c(N)cc(C(C)(C)C)cc1C=Nc1cc(C(C)(C)C)cc(C=Nc2cc(C(C)(C)C)cc(C=O)c2OC)c1OC. The van der Waals surface area contributed by atoms with Crippen LogP contribution >= 0.6 is 0 Å². The fourth-order valence-electron chi connectivity index (χ4n) is 4.67. The Bertz CT molecular complexity index is 1550. The molecular weight excluding hydrogens is 538 g/mol. The third kappa shape index (κ3) is 7.64. The highest BCUT2D eigenvalue weighted by Gasteiger charge is 2.22. The molecule has 0 aliphatic carbocycles. The molecule has 0 bridgehead atoms. The van der Waals surface area contributed by atoms with Crippen LogP contribution in [0.5, 0.6) is 17.2 Å². The van der Waals surface area contributed by atoms with Gasteiger partial charge in [0.1, 0.15) is 11.4 Å². The molecule has 7 heteroatoms. The van der Waals surface area contributed by atoms with Crippen LogP contribution in [0.3, 0.4) is 0 Å². The van der Waals surface area contributed by atoms with Gasteiger partial charge in [0.05, 0.1) is 32.6 Å². The number of carbonyl (C=O) groups is 1. The second kappa shape index (κ2) is 12.6. The Morgan fingerprint density at radius 2 is 0.907 bits per heavy atom. The van der Waals surface area contributed by atoms with E-state index in [1.807, 2.05) is 24.3 Å². The van der Waals surface area contributed by atoms with Crippen LogP contribution < -0.4 is 19.9 Å². The molecule has 0 unspecified atom stereocenters. The molecule has 43 heavy (non-hydrogen) atoms. The van der Waals surface area contributed by atoms with Crippen molar-refractivity contribution in [3.8, 4) is 17.2 Å². The molecule has 0 fully saturated rings. The summed E-state index contributed by atoms with van der Waals surface area (Å²) >= 11 is 0. The summed E-state index contributed by atoms with van der Waals surface area (Å²) < 4.78 is 17.2. The lowest BCUT2D eigenvalue weighted by Crippen LogP contribution is -2.13. The van der Waals surface area contributed by atoms with Crippen LogP contribution in [0, 0.1) is 0 Å². The fourth-order valence-corrected chi connectivity index (χ4v) is 4.67. The number of methoxy groups -OCH3 is 3. The second-order valence-electron chi connectivity index (χ2n) is 13.8. The van der Waals surface area contributed by atoms with E-state index in [4.69, 9.17) is 29.9 Å². The van der Waals surface area contributed by atoms with Gasteiger partial charge in [0, 0.05) is 23.6 Å². The highest BCUT2D eigenvalue weighted by molar-refractivity contribution is 5.93. The number of benzene rings is 3. The van der Waals surface area contributed by atoms with Gasteiger partial charge >= 0.3 is 0 Å². The molecule has 0 saturated heterocycles. The van der Waals surface area contributed by atoms with Crippen LogP contribution in [0.2, 0.25) is 0 Å². The Hall–Kier alpha value is -4.13. The smallest absolute Gasteiger partial charge is 0.154 e. The zero-order valence-electron chi connectivity index (χ0n) is 27.8. The van der Waals surface area contributed by atoms with Crippen molar-refractivity contribution >= 4 is 35.8 Å². The van der Waals surface area contributed by atoms with Crippen molar-refractivity contribution in [2.75, 3.05) is 27.1 Å². The average molecular weight is 586 g/mol. The third-order valence-electron chi connectivity index (χ3n) is 7.37.